The summed E-state index contributed by atoms with van der Waals surface area (Å²) in [5.41, 5.74) is 1.63. The van der Waals surface area contributed by atoms with Crippen molar-refractivity contribution >= 4 is 29.4 Å². The van der Waals surface area contributed by atoms with Crippen LogP contribution in [0, 0.1) is 0 Å². The van der Waals surface area contributed by atoms with Crippen molar-refractivity contribution in [2.45, 2.75) is 6.54 Å². The molecule has 1 fully saturated rings. The van der Waals surface area contributed by atoms with E-state index in [9.17, 15) is 14.4 Å². The van der Waals surface area contributed by atoms with Crippen LogP contribution in [0.15, 0.2) is 23.2 Å². The second kappa shape index (κ2) is 6.19. The number of aliphatic imine (C=N–C) groups is 1. The lowest BCUT2D eigenvalue weighted by Gasteiger charge is -2.23. The number of amides is 2. The summed E-state index contributed by atoms with van der Waals surface area (Å²) in [5, 5.41) is 11.4. The Hall–Kier alpha value is -3.10. The van der Waals surface area contributed by atoms with Crippen LogP contribution in [0.1, 0.15) is 5.56 Å². The fourth-order valence-electron chi connectivity index (χ4n) is 2.47. The molecule has 0 aliphatic carbocycles. The zero-order valence-corrected chi connectivity index (χ0v) is 13.0. The number of hydrogen-bond acceptors (Lipinski definition) is 6. The number of carboxylic acid groups (broad SMARTS) is 1. The largest absolute Gasteiger partial charge is 0.484 e. The molecule has 9 heteroatoms. The molecule has 2 aliphatic heterocycles. The first-order valence-corrected chi connectivity index (χ1v) is 7.27. The number of hydrogen-bond donors (Lipinski definition) is 2. The monoisotopic (exact) mass is 332 g/mol. The van der Waals surface area contributed by atoms with Gasteiger partial charge in [0.1, 0.15) is 18.8 Å². The van der Waals surface area contributed by atoms with E-state index in [1.165, 1.54) is 7.05 Å². The highest BCUT2D eigenvalue weighted by molar-refractivity contribution is 6.05. The van der Waals surface area contributed by atoms with Gasteiger partial charge in [-0.1, -0.05) is 0 Å². The number of carbonyl (C=O) groups is 3. The van der Waals surface area contributed by atoms with Crippen LogP contribution in [-0.4, -0.2) is 65.4 Å². The molecule has 2 amide bonds. The minimum Gasteiger partial charge on any atom is -0.484 e. The van der Waals surface area contributed by atoms with Crippen LogP contribution in [0.4, 0.5) is 5.69 Å². The highest BCUT2D eigenvalue weighted by Crippen LogP contribution is 2.30. The number of aliphatic carboxylic acids is 1. The second-order valence-corrected chi connectivity index (χ2v) is 5.56. The Labute approximate surface area is 137 Å². The van der Waals surface area contributed by atoms with Gasteiger partial charge in [-0.25, -0.2) is 4.99 Å². The number of nitrogens with zero attached hydrogens (tertiary/aromatic N) is 3. The highest BCUT2D eigenvalue weighted by Gasteiger charge is 2.29. The van der Waals surface area contributed by atoms with E-state index in [0.717, 1.165) is 16.2 Å². The molecular formula is C15H16N4O5. The molecule has 24 heavy (non-hydrogen) atoms. The van der Waals surface area contributed by atoms with E-state index in [1.54, 1.807) is 18.2 Å². The number of ether oxygens (including phenoxy) is 1. The van der Waals surface area contributed by atoms with Gasteiger partial charge < -0.3 is 19.6 Å². The van der Waals surface area contributed by atoms with E-state index in [4.69, 9.17) is 9.84 Å². The topological polar surface area (TPSA) is 112 Å². The Morgan fingerprint density at radius 3 is 2.96 bits per heavy atom. The van der Waals surface area contributed by atoms with Crippen molar-refractivity contribution in [1.82, 2.24) is 15.1 Å². The summed E-state index contributed by atoms with van der Waals surface area (Å²) in [6, 6.07) is 5.20. The quantitative estimate of drug-likeness (QED) is 0.755. The smallest absolute Gasteiger partial charge is 0.323 e. The van der Waals surface area contributed by atoms with Gasteiger partial charge in [0.15, 0.2) is 6.61 Å². The number of nitrogens with one attached hydrogen (secondary N) is 1. The minimum absolute atomic E-state index is 0.0925. The van der Waals surface area contributed by atoms with Gasteiger partial charge in [-0.2, -0.15) is 0 Å². The summed E-state index contributed by atoms with van der Waals surface area (Å²) >= 11 is 0. The van der Waals surface area contributed by atoms with E-state index in [1.807, 2.05) is 4.90 Å². The lowest BCUT2D eigenvalue weighted by Crippen LogP contribution is -2.35. The van der Waals surface area contributed by atoms with Gasteiger partial charge in [0.2, 0.25) is 11.9 Å². The Balaban J connectivity index is 1.64. The Morgan fingerprint density at radius 2 is 2.21 bits per heavy atom. The molecule has 9 nitrogen and oxygen atoms in total. The standard InChI is InChI=1S/C15H16N4O5/c1-18(7-14(22)23)13(21)8-24-10-2-3-11-9(4-10)5-19-6-12(20)17-15(19)16-11/h2-4H,5-8H2,1H3,(H,22,23)(H,16,17,20). The molecule has 0 spiro atoms. The molecule has 0 radical (unpaired) electrons. The number of guanidine groups is 1. The number of rotatable bonds is 5. The van der Waals surface area contributed by atoms with E-state index < -0.39 is 11.9 Å². The Bertz CT molecular complexity index is 745. The van der Waals surface area contributed by atoms with Crippen LogP contribution >= 0.6 is 0 Å². The molecule has 126 valence electrons. The average Bonchev–Trinajstić information content (AvgIpc) is 2.88. The van der Waals surface area contributed by atoms with Gasteiger partial charge in [-0.15, -0.1) is 0 Å². The number of carboxylic acids is 1. The average molecular weight is 332 g/mol. The minimum atomic E-state index is -1.08. The molecule has 1 aromatic rings. The summed E-state index contributed by atoms with van der Waals surface area (Å²) < 4.78 is 5.44. The van der Waals surface area contributed by atoms with Crippen LogP contribution in [0.2, 0.25) is 0 Å². The fourth-order valence-corrected chi connectivity index (χ4v) is 2.47. The second-order valence-electron chi connectivity index (χ2n) is 5.56. The van der Waals surface area contributed by atoms with E-state index in [2.05, 4.69) is 10.3 Å². The van der Waals surface area contributed by atoms with Crippen molar-refractivity contribution < 1.29 is 24.2 Å². The Kier molecular flexibility index (Phi) is 4.07. The van der Waals surface area contributed by atoms with Gasteiger partial charge in [0, 0.05) is 19.2 Å². The van der Waals surface area contributed by atoms with Crippen molar-refractivity contribution in [3.05, 3.63) is 23.8 Å². The van der Waals surface area contributed by atoms with Crippen molar-refractivity contribution in [1.29, 1.82) is 0 Å². The molecule has 0 unspecified atom stereocenters. The number of likely N-dealkylation sites (N-methyl/N-ethyl adjacent to an activating group) is 1. The van der Waals surface area contributed by atoms with Crippen LogP contribution in [0.25, 0.3) is 0 Å². The van der Waals surface area contributed by atoms with Crippen molar-refractivity contribution in [3.8, 4) is 5.75 Å². The number of benzene rings is 1. The van der Waals surface area contributed by atoms with Crippen LogP contribution in [0.3, 0.4) is 0 Å². The number of fused-ring (bicyclic) bond motifs is 2. The summed E-state index contributed by atoms with van der Waals surface area (Å²) in [6.45, 7) is 0.166. The molecule has 0 bridgehead atoms. The maximum Gasteiger partial charge on any atom is 0.323 e. The lowest BCUT2D eigenvalue weighted by atomic mass is 10.1. The van der Waals surface area contributed by atoms with Gasteiger partial charge in [0.05, 0.1) is 5.69 Å². The zero-order chi connectivity index (χ0) is 17.3. The predicted molar refractivity (Wildman–Crippen MR) is 82.9 cm³/mol. The van der Waals surface area contributed by atoms with Crippen molar-refractivity contribution in [2.24, 2.45) is 4.99 Å². The van der Waals surface area contributed by atoms with Gasteiger partial charge in [0.25, 0.3) is 5.91 Å². The fraction of sp³-hybridized carbons (Fsp3) is 0.333. The third-order valence-electron chi connectivity index (χ3n) is 3.68. The number of carbonyl (C=O) groups excluding carboxylic acids is 2. The predicted octanol–water partition coefficient (Wildman–Crippen LogP) is -0.459. The molecule has 0 saturated carbocycles. The molecular weight excluding hydrogens is 316 g/mol. The molecule has 1 aromatic carbocycles. The normalized spacial score (nSPS) is 15.1. The molecule has 0 atom stereocenters. The maximum atomic E-state index is 11.8. The van der Waals surface area contributed by atoms with E-state index >= 15 is 0 Å². The molecule has 2 aliphatic rings. The summed E-state index contributed by atoms with van der Waals surface area (Å²) in [6.07, 6.45) is 0. The van der Waals surface area contributed by atoms with Crippen molar-refractivity contribution in [2.75, 3.05) is 26.7 Å². The molecule has 3 rings (SSSR count). The molecule has 2 N–H and O–H groups in total. The SMILES string of the molecule is CN(CC(=O)O)C(=O)COc1ccc2c(c1)CN1CC(=O)NC1=N2. The van der Waals surface area contributed by atoms with E-state index in [0.29, 0.717) is 18.3 Å². The Morgan fingerprint density at radius 1 is 1.42 bits per heavy atom. The summed E-state index contributed by atoms with van der Waals surface area (Å²) in [5.74, 6) is -0.563. The van der Waals surface area contributed by atoms with Gasteiger partial charge in [-0.3, -0.25) is 19.7 Å². The third-order valence-corrected chi connectivity index (χ3v) is 3.68. The van der Waals surface area contributed by atoms with E-state index in [-0.39, 0.29) is 25.6 Å². The van der Waals surface area contributed by atoms with Gasteiger partial charge in [-0.05, 0) is 18.2 Å². The first-order chi connectivity index (χ1) is 11.4. The molecule has 0 aromatic heterocycles. The highest BCUT2D eigenvalue weighted by atomic mass is 16.5. The zero-order valence-electron chi connectivity index (χ0n) is 13.0. The van der Waals surface area contributed by atoms with Crippen LogP contribution < -0.4 is 10.1 Å². The lowest BCUT2D eigenvalue weighted by molar-refractivity contribution is -0.144. The summed E-state index contributed by atoms with van der Waals surface area (Å²) in [4.78, 5) is 41.0. The summed E-state index contributed by atoms with van der Waals surface area (Å²) in [7, 11) is 1.40. The molecule has 1 saturated heterocycles. The van der Waals surface area contributed by atoms with Crippen LogP contribution in [-0.2, 0) is 20.9 Å². The first kappa shape index (κ1) is 15.8. The van der Waals surface area contributed by atoms with Crippen molar-refractivity contribution in [3.63, 3.8) is 0 Å². The van der Waals surface area contributed by atoms with Crippen LogP contribution in [0.5, 0.6) is 5.75 Å². The van der Waals surface area contributed by atoms with Gasteiger partial charge >= 0.3 is 5.97 Å². The maximum absolute atomic E-state index is 11.8. The molecule has 2 heterocycles. The first-order valence-electron chi connectivity index (χ1n) is 7.27. The third kappa shape index (κ3) is 3.29.